The molecule has 2 aromatic rings. The molecule has 1 aliphatic heterocycles. The van der Waals surface area contributed by atoms with Crippen LogP contribution >= 0.6 is 7.92 Å². The van der Waals surface area contributed by atoms with Crippen LogP contribution in [0.1, 0.15) is 12.8 Å². The molecule has 3 rings (SSSR count). The molecule has 1 saturated heterocycles. The molecule has 1 fully saturated rings. The number of rotatable bonds is 3. The van der Waals surface area contributed by atoms with E-state index in [4.69, 9.17) is 4.74 Å². The van der Waals surface area contributed by atoms with E-state index in [1.165, 1.54) is 23.5 Å². The zero-order valence-corrected chi connectivity index (χ0v) is 11.2. The summed E-state index contributed by atoms with van der Waals surface area (Å²) in [6, 6.07) is 21.6. The van der Waals surface area contributed by atoms with Crippen molar-refractivity contribution < 1.29 is 4.74 Å². The summed E-state index contributed by atoms with van der Waals surface area (Å²) >= 11 is 0. The zero-order valence-electron chi connectivity index (χ0n) is 10.3. The monoisotopic (exact) mass is 256 g/mol. The van der Waals surface area contributed by atoms with E-state index in [0.717, 1.165) is 6.61 Å². The normalized spacial score (nSPS) is 19.3. The summed E-state index contributed by atoms with van der Waals surface area (Å²) in [6.07, 6.45) is 2.39. The fraction of sp³-hybridized carbons (Fsp3) is 0.250. The lowest BCUT2D eigenvalue weighted by atomic mass is 10.4. The Morgan fingerprint density at radius 2 is 1.39 bits per heavy atom. The SMILES string of the molecule is c1ccc(P(c2ccccc2)C2CCCO2)cc1. The molecule has 1 aliphatic rings. The first-order valence-corrected chi connectivity index (χ1v) is 7.87. The van der Waals surface area contributed by atoms with Gasteiger partial charge in [0.1, 0.15) is 0 Å². The van der Waals surface area contributed by atoms with Gasteiger partial charge in [0.05, 0.1) is 5.85 Å². The number of ether oxygens (including phenoxy) is 1. The fourth-order valence-corrected chi connectivity index (χ4v) is 5.07. The molecule has 0 amide bonds. The van der Waals surface area contributed by atoms with Crippen molar-refractivity contribution in [3.63, 3.8) is 0 Å². The molecule has 2 heteroatoms. The molecule has 1 heterocycles. The fourth-order valence-electron chi connectivity index (χ4n) is 2.42. The van der Waals surface area contributed by atoms with Crippen LogP contribution < -0.4 is 10.6 Å². The Labute approximate surface area is 110 Å². The largest absolute Gasteiger partial charge is 0.373 e. The average molecular weight is 256 g/mol. The van der Waals surface area contributed by atoms with Gasteiger partial charge in [0.2, 0.25) is 0 Å². The summed E-state index contributed by atoms with van der Waals surface area (Å²) in [7, 11) is -0.374. The Hall–Kier alpha value is -1.17. The maximum absolute atomic E-state index is 5.95. The quantitative estimate of drug-likeness (QED) is 0.766. The summed E-state index contributed by atoms with van der Waals surface area (Å²) in [5.74, 6) is 0.393. The summed E-state index contributed by atoms with van der Waals surface area (Å²) in [5, 5.41) is 2.84. The molecule has 0 N–H and O–H groups in total. The summed E-state index contributed by atoms with van der Waals surface area (Å²) < 4.78 is 5.95. The van der Waals surface area contributed by atoms with Gasteiger partial charge in [-0.2, -0.15) is 0 Å². The minimum absolute atomic E-state index is 0.374. The first-order chi connectivity index (χ1) is 8.95. The highest BCUT2D eigenvalue weighted by molar-refractivity contribution is 7.73. The Bertz CT molecular complexity index is 437. The van der Waals surface area contributed by atoms with Crippen molar-refractivity contribution in [1.29, 1.82) is 0 Å². The highest BCUT2D eigenvalue weighted by Crippen LogP contribution is 2.44. The topological polar surface area (TPSA) is 9.23 Å². The van der Waals surface area contributed by atoms with Gasteiger partial charge in [-0.3, -0.25) is 0 Å². The van der Waals surface area contributed by atoms with Gasteiger partial charge >= 0.3 is 0 Å². The molecule has 1 unspecified atom stereocenters. The molecule has 0 aromatic heterocycles. The van der Waals surface area contributed by atoms with E-state index in [1.54, 1.807) is 0 Å². The van der Waals surface area contributed by atoms with Crippen LogP contribution in [0, 0.1) is 0 Å². The maximum atomic E-state index is 5.95. The van der Waals surface area contributed by atoms with Crippen LogP contribution in [0.3, 0.4) is 0 Å². The molecule has 0 aliphatic carbocycles. The predicted octanol–water partition coefficient (Wildman–Crippen LogP) is 3.26. The van der Waals surface area contributed by atoms with Crippen LogP contribution in [-0.4, -0.2) is 12.5 Å². The lowest BCUT2D eigenvalue weighted by Gasteiger charge is -2.24. The van der Waals surface area contributed by atoms with Gasteiger partial charge in [0, 0.05) is 6.61 Å². The van der Waals surface area contributed by atoms with Gasteiger partial charge in [0.25, 0.3) is 0 Å². The summed E-state index contributed by atoms with van der Waals surface area (Å²) in [5.41, 5.74) is 0. The van der Waals surface area contributed by atoms with Crippen LogP contribution in [0.5, 0.6) is 0 Å². The number of benzene rings is 2. The molecule has 1 atom stereocenters. The van der Waals surface area contributed by atoms with E-state index in [-0.39, 0.29) is 7.92 Å². The van der Waals surface area contributed by atoms with Crippen LogP contribution in [-0.2, 0) is 4.74 Å². The van der Waals surface area contributed by atoms with Gasteiger partial charge < -0.3 is 4.74 Å². The van der Waals surface area contributed by atoms with Crippen LogP contribution in [0.4, 0.5) is 0 Å². The highest BCUT2D eigenvalue weighted by atomic mass is 31.1. The lowest BCUT2D eigenvalue weighted by Crippen LogP contribution is -2.20. The summed E-state index contributed by atoms with van der Waals surface area (Å²) in [6.45, 7) is 0.920. The third kappa shape index (κ3) is 2.48. The lowest BCUT2D eigenvalue weighted by molar-refractivity contribution is 0.171. The van der Waals surface area contributed by atoms with Crippen molar-refractivity contribution in [1.82, 2.24) is 0 Å². The van der Waals surface area contributed by atoms with Gasteiger partial charge in [-0.1, -0.05) is 60.7 Å². The van der Waals surface area contributed by atoms with Gasteiger partial charge in [-0.15, -0.1) is 0 Å². The van der Waals surface area contributed by atoms with Crippen molar-refractivity contribution in [3.8, 4) is 0 Å². The Kier molecular flexibility index (Phi) is 3.73. The maximum Gasteiger partial charge on any atom is 0.0849 e. The van der Waals surface area contributed by atoms with E-state index < -0.39 is 0 Å². The van der Waals surface area contributed by atoms with E-state index >= 15 is 0 Å². The number of hydrogen-bond acceptors (Lipinski definition) is 1. The highest BCUT2D eigenvalue weighted by Gasteiger charge is 2.28. The van der Waals surface area contributed by atoms with Crippen molar-refractivity contribution in [2.75, 3.05) is 6.61 Å². The molecule has 0 spiro atoms. The van der Waals surface area contributed by atoms with E-state index in [1.807, 2.05) is 0 Å². The Morgan fingerprint density at radius 3 is 1.83 bits per heavy atom. The van der Waals surface area contributed by atoms with Crippen molar-refractivity contribution in [2.24, 2.45) is 0 Å². The molecule has 0 saturated carbocycles. The predicted molar refractivity (Wildman–Crippen MR) is 78.0 cm³/mol. The van der Waals surface area contributed by atoms with Crippen molar-refractivity contribution in [3.05, 3.63) is 60.7 Å². The second-order valence-corrected chi connectivity index (χ2v) is 6.86. The van der Waals surface area contributed by atoms with Crippen molar-refractivity contribution >= 4 is 18.5 Å². The second-order valence-electron chi connectivity index (χ2n) is 4.51. The molecule has 2 aromatic carbocycles. The first-order valence-electron chi connectivity index (χ1n) is 6.46. The molecule has 92 valence electrons. The average Bonchev–Trinajstić information content (AvgIpc) is 2.95. The van der Waals surface area contributed by atoms with Crippen LogP contribution in [0.25, 0.3) is 0 Å². The molecule has 0 radical (unpaired) electrons. The zero-order chi connectivity index (χ0) is 12.2. The van der Waals surface area contributed by atoms with E-state index in [9.17, 15) is 0 Å². The Morgan fingerprint density at radius 1 is 0.833 bits per heavy atom. The standard InChI is InChI=1S/C16H17OP/c1-3-8-14(9-4-1)18(16-12-7-13-17-16)15-10-5-2-6-11-15/h1-6,8-11,16H,7,12-13H2. The summed E-state index contributed by atoms with van der Waals surface area (Å²) in [4.78, 5) is 0. The second kappa shape index (κ2) is 5.65. The smallest absolute Gasteiger partial charge is 0.0849 e. The minimum Gasteiger partial charge on any atom is -0.373 e. The molecule has 1 nitrogen and oxygen atoms in total. The van der Waals surface area contributed by atoms with E-state index in [2.05, 4.69) is 60.7 Å². The molecular weight excluding hydrogens is 239 g/mol. The molecule has 0 bridgehead atoms. The molecular formula is C16H17OP. The van der Waals surface area contributed by atoms with Crippen LogP contribution in [0.15, 0.2) is 60.7 Å². The number of hydrogen-bond donors (Lipinski definition) is 0. The third-order valence-corrected chi connectivity index (χ3v) is 5.95. The van der Waals surface area contributed by atoms with E-state index in [0.29, 0.717) is 5.85 Å². The molecule has 18 heavy (non-hydrogen) atoms. The van der Waals surface area contributed by atoms with Crippen LogP contribution in [0.2, 0.25) is 0 Å². The van der Waals surface area contributed by atoms with Crippen molar-refractivity contribution in [2.45, 2.75) is 18.7 Å². The Balaban J connectivity index is 1.98. The van der Waals surface area contributed by atoms with Gasteiger partial charge in [-0.25, -0.2) is 0 Å². The van der Waals surface area contributed by atoms with Gasteiger partial charge in [0.15, 0.2) is 0 Å². The van der Waals surface area contributed by atoms with Gasteiger partial charge in [-0.05, 0) is 31.4 Å². The minimum atomic E-state index is -0.374. The third-order valence-electron chi connectivity index (χ3n) is 3.26. The first kappa shape index (κ1) is 11.9.